The molecule has 0 aliphatic carbocycles. The number of carbonyl (C=O) groups is 1. The summed E-state index contributed by atoms with van der Waals surface area (Å²) in [5.41, 5.74) is 5.17. The highest BCUT2D eigenvalue weighted by Gasteiger charge is 2.15. The average Bonchev–Trinajstić information content (AvgIpc) is 2.87. The number of ether oxygens (including phenoxy) is 1. The first-order valence-corrected chi connectivity index (χ1v) is 12.1. The Hall–Kier alpha value is -3.43. The van der Waals surface area contributed by atoms with Crippen LogP contribution in [0.1, 0.15) is 12.5 Å². The van der Waals surface area contributed by atoms with E-state index < -0.39 is 0 Å². The molecule has 0 atom stereocenters. The zero-order valence-corrected chi connectivity index (χ0v) is 20.9. The molecule has 34 heavy (non-hydrogen) atoms. The van der Waals surface area contributed by atoms with Gasteiger partial charge in [0, 0.05) is 4.47 Å². The highest BCUT2D eigenvalue weighted by molar-refractivity contribution is 9.10. The van der Waals surface area contributed by atoms with E-state index in [1.165, 1.54) is 16.3 Å². The highest BCUT2D eigenvalue weighted by Crippen LogP contribution is 2.22. The molecule has 0 spiro atoms. The standard InChI is InChI=1S/C25H21BrN4O3S/c1-16(17-7-13-20(33-2)14-8-17)28-29-23(31)15-34-25-27-22-6-4-3-5-21(22)24(32)30(25)19-11-9-18(26)10-12-19/h3-14H,15H2,1-2H3,(H,29,31)/b28-16-. The van der Waals surface area contributed by atoms with Gasteiger partial charge < -0.3 is 4.74 Å². The van der Waals surface area contributed by atoms with Crippen LogP contribution in [0.25, 0.3) is 16.6 Å². The third-order valence-electron chi connectivity index (χ3n) is 5.02. The highest BCUT2D eigenvalue weighted by atomic mass is 79.9. The Morgan fingerprint density at radius 3 is 2.50 bits per heavy atom. The number of hydrazone groups is 1. The fourth-order valence-electron chi connectivity index (χ4n) is 3.23. The first kappa shape index (κ1) is 23.7. The van der Waals surface area contributed by atoms with Gasteiger partial charge in [-0.2, -0.15) is 5.10 Å². The van der Waals surface area contributed by atoms with Gasteiger partial charge in [0.25, 0.3) is 11.5 Å². The van der Waals surface area contributed by atoms with E-state index in [4.69, 9.17) is 4.74 Å². The molecule has 0 saturated carbocycles. The van der Waals surface area contributed by atoms with Crippen LogP contribution in [0, 0.1) is 0 Å². The fourth-order valence-corrected chi connectivity index (χ4v) is 4.30. The van der Waals surface area contributed by atoms with Gasteiger partial charge in [-0.1, -0.05) is 39.8 Å². The summed E-state index contributed by atoms with van der Waals surface area (Å²) in [6.45, 7) is 1.81. The van der Waals surface area contributed by atoms with Gasteiger partial charge in [-0.05, 0) is 73.2 Å². The summed E-state index contributed by atoms with van der Waals surface area (Å²) in [5, 5.41) is 5.13. The van der Waals surface area contributed by atoms with E-state index in [1.807, 2.05) is 61.5 Å². The number of thioether (sulfide) groups is 1. The summed E-state index contributed by atoms with van der Waals surface area (Å²) in [7, 11) is 1.61. The normalized spacial score (nSPS) is 11.4. The van der Waals surface area contributed by atoms with Gasteiger partial charge in [0.2, 0.25) is 0 Å². The van der Waals surface area contributed by atoms with Gasteiger partial charge in [0.15, 0.2) is 5.16 Å². The third-order valence-corrected chi connectivity index (χ3v) is 6.49. The molecule has 172 valence electrons. The van der Waals surface area contributed by atoms with E-state index in [0.717, 1.165) is 15.8 Å². The number of hydrogen-bond acceptors (Lipinski definition) is 6. The van der Waals surface area contributed by atoms with Crippen LogP contribution in [0.3, 0.4) is 0 Å². The molecule has 0 fully saturated rings. The summed E-state index contributed by atoms with van der Waals surface area (Å²) in [6.07, 6.45) is 0. The van der Waals surface area contributed by atoms with Crippen LogP contribution < -0.4 is 15.7 Å². The summed E-state index contributed by atoms with van der Waals surface area (Å²) in [5.74, 6) is 0.486. The largest absolute Gasteiger partial charge is 0.497 e. The van der Waals surface area contributed by atoms with Gasteiger partial charge in [-0.15, -0.1) is 0 Å². The molecule has 0 aliphatic heterocycles. The predicted octanol–water partition coefficient (Wildman–Crippen LogP) is 4.79. The van der Waals surface area contributed by atoms with Crippen molar-refractivity contribution in [2.75, 3.05) is 12.9 Å². The number of aromatic nitrogens is 2. The molecule has 4 aromatic rings. The Balaban J connectivity index is 1.55. The summed E-state index contributed by atoms with van der Waals surface area (Å²) < 4.78 is 7.58. The van der Waals surface area contributed by atoms with Crippen molar-refractivity contribution in [1.82, 2.24) is 15.0 Å². The van der Waals surface area contributed by atoms with Crippen molar-refractivity contribution in [3.63, 3.8) is 0 Å². The minimum Gasteiger partial charge on any atom is -0.497 e. The quantitative estimate of drug-likeness (QED) is 0.159. The topological polar surface area (TPSA) is 85.6 Å². The number of nitrogens with one attached hydrogen (secondary N) is 1. The second-order valence-corrected chi connectivity index (χ2v) is 9.14. The number of rotatable bonds is 7. The number of nitrogens with zero attached hydrogens (tertiary/aromatic N) is 3. The van der Waals surface area contributed by atoms with Crippen LogP contribution in [0.15, 0.2) is 92.3 Å². The summed E-state index contributed by atoms with van der Waals surface area (Å²) in [6, 6.07) is 21.9. The molecule has 0 bridgehead atoms. The molecule has 7 nitrogen and oxygen atoms in total. The Bertz CT molecular complexity index is 1420. The Morgan fingerprint density at radius 2 is 1.79 bits per heavy atom. The van der Waals surface area contributed by atoms with Crippen molar-refractivity contribution < 1.29 is 9.53 Å². The third kappa shape index (κ3) is 5.37. The van der Waals surface area contributed by atoms with E-state index >= 15 is 0 Å². The second kappa shape index (κ2) is 10.7. The molecular formula is C25H21BrN4O3S. The van der Waals surface area contributed by atoms with E-state index in [0.29, 0.717) is 27.5 Å². The van der Waals surface area contributed by atoms with Crippen LogP contribution in [0.2, 0.25) is 0 Å². The smallest absolute Gasteiger partial charge is 0.266 e. The number of amides is 1. The number of methoxy groups -OCH3 is 1. The maximum absolute atomic E-state index is 13.3. The van der Waals surface area contributed by atoms with Crippen molar-refractivity contribution in [3.05, 3.63) is 93.2 Å². The lowest BCUT2D eigenvalue weighted by atomic mass is 10.1. The molecule has 0 saturated heterocycles. The monoisotopic (exact) mass is 536 g/mol. The van der Waals surface area contributed by atoms with Gasteiger partial charge in [0.05, 0.1) is 35.2 Å². The number of carbonyl (C=O) groups excluding carboxylic acids is 1. The summed E-state index contributed by atoms with van der Waals surface area (Å²) >= 11 is 4.60. The maximum Gasteiger partial charge on any atom is 0.266 e. The Morgan fingerprint density at radius 1 is 1.09 bits per heavy atom. The molecule has 0 aliphatic rings. The SMILES string of the molecule is COc1ccc(/C(C)=N\NC(=O)CSc2nc3ccccc3c(=O)n2-c2ccc(Br)cc2)cc1. The second-order valence-electron chi connectivity index (χ2n) is 7.28. The molecule has 4 rings (SSSR count). The number of para-hydroxylation sites is 1. The molecule has 9 heteroatoms. The van der Waals surface area contributed by atoms with Gasteiger partial charge in [0.1, 0.15) is 5.75 Å². The lowest BCUT2D eigenvalue weighted by molar-refractivity contribution is -0.118. The van der Waals surface area contributed by atoms with Crippen molar-refractivity contribution in [2.45, 2.75) is 12.1 Å². The molecule has 1 aromatic heterocycles. The predicted molar refractivity (Wildman–Crippen MR) is 139 cm³/mol. The average molecular weight is 537 g/mol. The van der Waals surface area contributed by atoms with Crippen molar-refractivity contribution >= 4 is 50.2 Å². The Kier molecular flexibility index (Phi) is 7.44. The molecule has 0 unspecified atom stereocenters. The molecular weight excluding hydrogens is 516 g/mol. The number of halogens is 1. The zero-order chi connectivity index (χ0) is 24.1. The lowest BCUT2D eigenvalue weighted by Gasteiger charge is -2.13. The van der Waals surface area contributed by atoms with Gasteiger partial charge in [-0.25, -0.2) is 10.4 Å². The summed E-state index contributed by atoms with van der Waals surface area (Å²) in [4.78, 5) is 30.4. The van der Waals surface area contributed by atoms with Crippen molar-refractivity contribution in [2.24, 2.45) is 5.10 Å². The van der Waals surface area contributed by atoms with Crippen LogP contribution >= 0.6 is 27.7 Å². The minimum atomic E-state index is -0.303. The number of hydrogen-bond donors (Lipinski definition) is 1. The van der Waals surface area contributed by atoms with E-state index in [2.05, 4.69) is 31.4 Å². The number of fused-ring (bicyclic) bond motifs is 1. The van der Waals surface area contributed by atoms with E-state index in [1.54, 1.807) is 25.3 Å². The number of benzene rings is 3. The van der Waals surface area contributed by atoms with E-state index in [-0.39, 0.29) is 17.2 Å². The Labute approximate surface area is 209 Å². The molecule has 0 radical (unpaired) electrons. The van der Waals surface area contributed by atoms with Crippen molar-refractivity contribution in [3.8, 4) is 11.4 Å². The van der Waals surface area contributed by atoms with Crippen LogP contribution in [-0.2, 0) is 4.79 Å². The fraction of sp³-hybridized carbons (Fsp3) is 0.120. The van der Waals surface area contributed by atoms with Crippen LogP contribution in [0.4, 0.5) is 0 Å². The van der Waals surface area contributed by atoms with Gasteiger partial charge >= 0.3 is 0 Å². The van der Waals surface area contributed by atoms with E-state index in [9.17, 15) is 9.59 Å². The minimum absolute atomic E-state index is 0.0424. The van der Waals surface area contributed by atoms with Crippen LogP contribution in [-0.4, -0.2) is 34.0 Å². The first-order valence-electron chi connectivity index (χ1n) is 10.3. The maximum atomic E-state index is 13.3. The van der Waals surface area contributed by atoms with Gasteiger partial charge in [-0.3, -0.25) is 14.2 Å². The molecule has 1 N–H and O–H groups in total. The zero-order valence-electron chi connectivity index (χ0n) is 18.5. The molecule has 1 amide bonds. The molecule has 1 heterocycles. The molecule has 3 aromatic carbocycles. The lowest BCUT2D eigenvalue weighted by Crippen LogP contribution is -2.24. The van der Waals surface area contributed by atoms with Crippen LogP contribution in [0.5, 0.6) is 5.75 Å². The van der Waals surface area contributed by atoms with Crippen molar-refractivity contribution in [1.29, 1.82) is 0 Å². The first-order chi connectivity index (χ1) is 16.5.